The largest absolute Gasteiger partial charge is 0.356 e. The highest BCUT2D eigenvalue weighted by molar-refractivity contribution is 7.89. The number of pyridine rings is 1. The molecule has 2 aromatic carbocycles. The fourth-order valence-electron chi connectivity index (χ4n) is 3.99. The minimum atomic E-state index is -3.17. The zero-order chi connectivity index (χ0) is 20.3. The highest BCUT2D eigenvalue weighted by atomic mass is 32.2. The summed E-state index contributed by atoms with van der Waals surface area (Å²) in [4.78, 5) is 7.17. The van der Waals surface area contributed by atoms with Crippen molar-refractivity contribution in [3.05, 3.63) is 60.7 Å². The van der Waals surface area contributed by atoms with Crippen LogP contribution < -0.4 is 9.62 Å². The Labute approximate surface area is 172 Å². The van der Waals surface area contributed by atoms with Gasteiger partial charge < -0.3 is 4.90 Å². The number of sulfonamides is 1. The molecule has 2 heterocycles. The van der Waals surface area contributed by atoms with Crippen LogP contribution in [-0.2, 0) is 10.0 Å². The van der Waals surface area contributed by atoms with E-state index in [-0.39, 0.29) is 11.8 Å². The minimum Gasteiger partial charge on any atom is -0.356 e. The van der Waals surface area contributed by atoms with E-state index < -0.39 is 10.0 Å². The molecule has 1 aromatic heterocycles. The number of anilines is 1. The lowest BCUT2D eigenvalue weighted by molar-refractivity contribution is 0.458. The molecule has 1 fully saturated rings. The fraction of sp³-hybridized carbons (Fsp3) is 0.348. The molecule has 29 heavy (non-hydrogen) atoms. The summed E-state index contributed by atoms with van der Waals surface area (Å²) in [5.41, 5.74) is 3.33. The maximum Gasteiger partial charge on any atom is 0.211 e. The van der Waals surface area contributed by atoms with Gasteiger partial charge in [-0.15, -0.1) is 0 Å². The number of hydrogen-bond donors (Lipinski definition) is 1. The van der Waals surface area contributed by atoms with Crippen LogP contribution in [0.25, 0.3) is 22.0 Å². The van der Waals surface area contributed by atoms with Gasteiger partial charge in [0.25, 0.3) is 0 Å². The van der Waals surface area contributed by atoms with Gasteiger partial charge in [-0.2, -0.15) is 0 Å². The molecule has 1 aliphatic rings. The second kappa shape index (κ2) is 8.51. The predicted octanol–water partition coefficient (Wildman–Crippen LogP) is 4.20. The smallest absolute Gasteiger partial charge is 0.211 e. The highest BCUT2D eigenvalue weighted by Crippen LogP contribution is 2.32. The Morgan fingerprint density at radius 1 is 1.03 bits per heavy atom. The lowest BCUT2D eigenvalue weighted by Gasteiger charge is -2.33. The number of rotatable bonds is 6. The second-order valence-electron chi connectivity index (χ2n) is 7.61. The number of para-hydroxylation sites is 1. The van der Waals surface area contributed by atoms with Gasteiger partial charge in [-0.05, 0) is 42.5 Å². The van der Waals surface area contributed by atoms with E-state index in [0.29, 0.717) is 6.42 Å². The first-order chi connectivity index (χ1) is 14.1. The third-order valence-corrected chi connectivity index (χ3v) is 7.06. The quantitative estimate of drug-likeness (QED) is 0.663. The lowest BCUT2D eigenvalue weighted by atomic mass is 10.00. The minimum absolute atomic E-state index is 0.0110. The number of fused-ring (bicyclic) bond motifs is 1. The Morgan fingerprint density at radius 3 is 2.45 bits per heavy atom. The van der Waals surface area contributed by atoms with E-state index in [2.05, 4.69) is 52.1 Å². The first kappa shape index (κ1) is 19.9. The molecular formula is C23H27N3O2S. The first-order valence-corrected chi connectivity index (χ1v) is 11.9. The average Bonchev–Trinajstić information content (AvgIpc) is 2.74. The molecule has 6 heteroatoms. The van der Waals surface area contributed by atoms with Crippen molar-refractivity contribution in [2.45, 2.75) is 32.2 Å². The van der Waals surface area contributed by atoms with Gasteiger partial charge in [0.1, 0.15) is 5.82 Å². The van der Waals surface area contributed by atoms with E-state index in [1.165, 1.54) is 11.1 Å². The summed E-state index contributed by atoms with van der Waals surface area (Å²) in [6, 6.07) is 20.8. The van der Waals surface area contributed by atoms with Crippen LogP contribution in [0.5, 0.6) is 0 Å². The van der Waals surface area contributed by atoms with Crippen molar-refractivity contribution in [2.24, 2.45) is 0 Å². The molecule has 4 rings (SSSR count). The standard InChI is InChI=1S/C23H27N3O2S/c1-2-16-29(27,28)25-19-12-14-26(15-13-19)23-17-21(18-8-4-3-5-9-18)20-10-6-7-11-22(20)24-23/h3-11,17,19,25H,2,12-16H2,1H3. The van der Waals surface area contributed by atoms with Crippen LogP contribution in [0.4, 0.5) is 5.82 Å². The van der Waals surface area contributed by atoms with Crippen molar-refractivity contribution in [1.29, 1.82) is 0 Å². The number of hydrogen-bond acceptors (Lipinski definition) is 4. The Bertz CT molecular complexity index is 1080. The monoisotopic (exact) mass is 409 g/mol. The molecule has 0 atom stereocenters. The maximum absolute atomic E-state index is 12.1. The van der Waals surface area contributed by atoms with Gasteiger partial charge in [-0.25, -0.2) is 18.1 Å². The number of nitrogens with one attached hydrogen (secondary N) is 1. The van der Waals surface area contributed by atoms with Crippen molar-refractivity contribution >= 4 is 26.7 Å². The molecule has 0 spiro atoms. The zero-order valence-electron chi connectivity index (χ0n) is 16.7. The Balaban J connectivity index is 1.58. The van der Waals surface area contributed by atoms with E-state index in [1.807, 2.05) is 25.1 Å². The molecule has 0 saturated carbocycles. The van der Waals surface area contributed by atoms with Crippen LogP contribution in [0.15, 0.2) is 60.7 Å². The summed E-state index contributed by atoms with van der Waals surface area (Å²) in [5.74, 6) is 1.15. The number of piperidine rings is 1. The zero-order valence-corrected chi connectivity index (χ0v) is 17.5. The van der Waals surface area contributed by atoms with Gasteiger partial charge in [0.2, 0.25) is 10.0 Å². The molecule has 152 valence electrons. The van der Waals surface area contributed by atoms with Gasteiger partial charge in [-0.1, -0.05) is 55.5 Å². The molecule has 5 nitrogen and oxygen atoms in total. The third kappa shape index (κ3) is 4.60. The van der Waals surface area contributed by atoms with Gasteiger partial charge in [-0.3, -0.25) is 0 Å². The third-order valence-electron chi connectivity index (χ3n) is 5.43. The summed E-state index contributed by atoms with van der Waals surface area (Å²) in [6.07, 6.45) is 2.22. The van der Waals surface area contributed by atoms with Crippen LogP contribution in [0.1, 0.15) is 26.2 Å². The molecule has 0 aliphatic carbocycles. The highest BCUT2D eigenvalue weighted by Gasteiger charge is 2.24. The van der Waals surface area contributed by atoms with Crippen molar-refractivity contribution in [3.8, 4) is 11.1 Å². The average molecular weight is 410 g/mol. The van der Waals surface area contributed by atoms with Gasteiger partial charge in [0.05, 0.1) is 11.3 Å². The van der Waals surface area contributed by atoms with Crippen LogP contribution in [0, 0.1) is 0 Å². The fourth-order valence-corrected chi connectivity index (χ4v) is 5.39. The van der Waals surface area contributed by atoms with Crippen molar-refractivity contribution in [3.63, 3.8) is 0 Å². The van der Waals surface area contributed by atoms with Gasteiger partial charge in [0.15, 0.2) is 0 Å². The molecule has 0 unspecified atom stereocenters. The summed E-state index contributed by atoms with van der Waals surface area (Å²) in [7, 11) is -3.17. The molecule has 0 amide bonds. The summed E-state index contributed by atoms with van der Waals surface area (Å²) in [5, 5.41) is 1.14. The molecule has 3 aromatic rings. The Hall–Kier alpha value is -2.44. The van der Waals surface area contributed by atoms with E-state index in [0.717, 1.165) is 42.7 Å². The molecule has 1 aliphatic heterocycles. The Morgan fingerprint density at radius 2 is 1.72 bits per heavy atom. The molecular weight excluding hydrogens is 382 g/mol. The topological polar surface area (TPSA) is 62.3 Å². The molecule has 0 bridgehead atoms. The maximum atomic E-state index is 12.1. The van der Waals surface area contributed by atoms with Gasteiger partial charge >= 0.3 is 0 Å². The summed E-state index contributed by atoms with van der Waals surface area (Å²) < 4.78 is 27.0. The van der Waals surface area contributed by atoms with Crippen LogP contribution in [-0.4, -0.2) is 38.3 Å². The van der Waals surface area contributed by atoms with Gasteiger partial charge in [0, 0.05) is 24.5 Å². The molecule has 1 saturated heterocycles. The normalized spacial score (nSPS) is 15.7. The Kier molecular flexibility index (Phi) is 5.83. The van der Waals surface area contributed by atoms with Crippen LogP contribution in [0.2, 0.25) is 0 Å². The molecule has 1 N–H and O–H groups in total. The number of nitrogens with zero attached hydrogens (tertiary/aromatic N) is 2. The van der Waals surface area contributed by atoms with E-state index >= 15 is 0 Å². The lowest BCUT2D eigenvalue weighted by Crippen LogP contribution is -2.45. The van der Waals surface area contributed by atoms with E-state index in [1.54, 1.807) is 0 Å². The van der Waals surface area contributed by atoms with E-state index in [4.69, 9.17) is 4.98 Å². The summed E-state index contributed by atoms with van der Waals surface area (Å²) in [6.45, 7) is 3.47. The molecule has 0 radical (unpaired) electrons. The summed E-state index contributed by atoms with van der Waals surface area (Å²) >= 11 is 0. The van der Waals surface area contributed by atoms with Crippen LogP contribution in [0.3, 0.4) is 0 Å². The van der Waals surface area contributed by atoms with E-state index in [9.17, 15) is 8.42 Å². The number of aromatic nitrogens is 1. The van der Waals surface area contributed by atoms with Crippen molar-refractivity contribution < 1.29 is 8.42 Å². The SMILES string of the molecule is CCCS(=O)(=O)NC1CCN(c2cc(-c3ccccc3)c3ccccc3n2)CC1. The predicted molar refractivity (Wildman–Crippen MR) is 120 cm³/mol. The second-order valence-corrected chi connectivity index (χ2v) is 9.48. The van der Waals surface area contributed by atoms with Crippen molar-refractivity contribution in [1.82, 2.24) is 9.71 Å². The van der Waals surface area contributed by atoms with Crippen LogP contribution >= 0.6 is 0 Å². The van der Waals surface area contributed by atoms with Crippen molar-refractivity contribution in [2.75, 3.05) is 23.7 Å². The number of benzene rings is 2. The first-order valence-electron chi connectivity index (χ1n) is 10.3.